The van der Waals surface area contributed by atoms with Crippen LogP contribution in [0.1, 0.15) is 11.1 Å². The second-order valence-corrected chi connectivity index (χ2v) is 5.91. The van der Waals surface area contributed by atoms with E-state index in [-0.39, 0.29) is 12.3 Å². The molecule has 0 saturated carbocycles. The van der Waals surface area contributed by atoms with Gasteiger partial charge in [-0.05, 0) is 17.7 Å². The Hall–Kier alpha value is -2.79. The van der Waals surface area contributed by atoms with Crippen LogP contribution in [0.5, 0.6) is 5.75 Å². The molecule has 2 aromatic carbocycles. The van der Waals surface area contributed by atoms with Crippen molar-refractivity contribution < 1.29 is 9.53 Å². The number of rotatable bonds is 6. The Balaban J connectivity index is 1.71. The summed E-state index contributed by atoms with van der Waals surface area (Å²) in [5, 5.41) is 7.83. The van der Waals surface area contributed by atoms with Gasteiger partial charge in [0.15, 0.2) is 0 Å². The number of hydrogen-bond acceptors (Lipinski definition) is 3. The van der Waals surface area contributed by atoms with E-state index in [2.05, 4.69) is 10.4 Å². The minimum Gasteiger partial charge on any atom is -0.496 e. The number of aromatic nitrogens is 2. The molecule has 1 heterocycles. The number of para-hydroxylation sites is 1. The summed E-state index contributed by atoms with van der Waals surface area (Å²) in [6, 6.07) is 16.8. The van der Waals surface area contributed by atoms with Crippen molar-refractivity contribution in [3.63, 3.8) is 0 Å². The number of methoxy groups -OCH3 is 1. The third kappa shape index (κ3) is 4.19. The molecule has 6 heteroatoms. The molecule has 0 saturated heterocycles. The maximum Gasteiger partial charge on any atom is 0.230 e. The maximum atomic E-state index is 12.4. The number of carbonyl (C=O) groups excluding carboxylic acids is 1. The van der Waals surface area contributed by atoms with Crippen LogP contribution in [-0.4, -0.2) is 22.8 Å². The van der Waals surface area contributed by atoms with E-state index in [0.29, 0.717) is 23.1 Å². The van der Waals surface area contributed by atoms with Crippen molar-refractivity contribution in [3.05, 3.63) is 76.9 Å². The van der Waals surface area contributed by atoms with E-state index in [4.69, 9.17) is 16.3 Å². The van der Waals surface area contributed by atoms with Gasteiger partial charge in [-0.3, -0.25) is 4.79 Å². The Bertz CT molecular complexity index is 876. The first-order valence-corrected chi connectivity index (χ1v) is 8.22. The van der Waals surface area contributed by atoms with Crippen LogP contribution in [0, 0.1) is 0 Å². The van der Waals surface area contributed by atoms with Gasteiger partial charge in [0.25, 0.3) is 0 Å². The van der Waals surface area contributed by atoms with Gasteiger partial charge in [-0.15, -0.1) is 0 Å². The summed E-state index contributed by atoms with van der Waals surface area (Å²) >= 11 is 6.20. The summed E-state index contributed by atoms with van der Waals surface area (Å²) in [7, 11) is 1.59. The van der Waals surface area contributed by atoms with Crippen molar-refractivity contribution in [3.8, 4) is 5.75 Å². The number of benzene rings is 2. The number of carbonyl (C=O) groups is 1. The quantitative estimate of drug-likeness (QED) is 0.732. The van der Waals surface area contributed by atoms with E-state index < -0.39 is 0 Å². The number of amides is 1. The summed E-state index contributed by atoms with van der Waals surface area (Å²) in [5.74, 6) is 1.19. The van der Waals surface area contributed by atoms with E-state index in [1.807, 2.05) is 48.5 Å². The predicted molar refractivity (Wildman–Crippen MR) is 98.1 cm³/mol. The van der Waals surface area contributed by atoms with E-state index in [1.54, 1.807) is 24.1 Å². The lowest BCUT2D eigenvalue weighted by atomic mass is 10.1. The Labute approximate surface area is 151 Å². The SMILES string of the molecule is COc1ccccc1CC(=O)Nc1ccnn1Cc1ccccc1Cl. The highest BCUT2D eigenvalue weighted by atomic mass is 35.5. The first-order valence-electron chi connectivity index (χ1n) is 7.84. The van der Waals surface area contributed by atoms with E-state index in [9.17, 15) is 4.79 Å². The first kappa shape index (κ1) is 17.0. The minimum absolute atomic E-state index is 0.134. The average molecular weight is 356 g/mol. The molecular formula is C19H18ClN3O2. The molecule has 1 amide bonds. The van der Waals surface area contributed by atoms with Crippen molar-refractivity contribution in [1.29, 1.82) is 0 Å². The Morgan fingerprint density at radius 1 is 1.12 bits per heavy atom. The van der Waals surface area contributed by atoms with E-state index in [1.165, 1.54) is 0 Å². The molecule has 0 bridgehead atoms. The summed E-state index contributed by atoms with van der Waals surface area (Å²) in [4.78, 5) is 12.4. The molecule has 0 aliphatic carbocycles. The van der Waals surface area contributed by atoms with Gasteiger partial charge in [-0.2, -0.15) is 5.10 Å². The first-order chi connectivity index (χ1) is 12.2. The van der Waals surface area contributed by atoms with Crippen LogP contribution in [0.15, 0.2) is 60.8 Å². The lowest BCUT2D eigenvalue weighted by Crippen LogP contribution is -2.18. The van der Waals surface area contributed by atoms with Crippen LogP contribution in [0.2, 0.25) is 5.02 Å². The molecule has 0 spiro atoms. The highest BCUT2D eigenvalue weighted by molar-refractivity contribution is 6.31. The number of nitrogens with one attached hydrogen (secondary N) is 1. The Kier molecular flexibility index (Phi) is 5.36. The van der Waals surface area contributed by atoms with Gasteiger partial charge in [0.2, 0.25) is 5.91 Å². The van der Waals surface area contributed by atoms with Crippen LogP contribution in [0.3, 0.4) is 0 Å². The van der Waals surface area contributed by atoms with Crippen LogP contribution in [-0.2, 0) is 17.8 Å². The summed E-state index contributed by atoms with van der Waals surface area (Å²) < 4.78 is 6.99. The normalized spacial score (nSPS) is 10.5. The molecule has 3 aromatic rings. The molecule has 1 aromatic heterocycles. The zero-order valence-corrected chi connectivity index (χ0v) is 14.5. The lowest BCUT2D eigenvalue weighted by Gasteiger charge is -2.11. The van der Waals surface area contributed by atoms with Gasteiger partial charge >= 0.3 is 0 Å². The van der Waals surface area contributed by atoms with Gasteiger partial charge in [0, 0.05) is 16.7 Å². The fraction of sp³-hybridized carbons (Fsp3) is 0.158. The molecule has 0 unspecified atom stereocenters. The smallest absolute Gasteiger partial charge is 0.230 e. The van der Waals surface area contributed by atoms with Crippen molar-refractivity contribution in [2.45, 2.75) is 13.0 Å². The number of anilines is 1. The molecule has 0 aliphatic heterocycles. The third-order valence-corrected chi connectivity index (χ3v) is 4.17. The van der Waals surface area contributed by atoms with E-state index in [0.717, 1.165) is 11.1 Å². The topological polar surface area (TPSA) is 56.1 Å². The third-order valence-electron chi connectivity index (χ3n) is 3.81. The fourth-order valence-electron chi connectivity index (χ4n) is 2.56. The van der Waals surface area contributed by atoms with Crippen molar-refractivity contribution >= 4 is 23.3 Å². The second-order valence-electron chi connectivity index (χ2n) is 5.50. The highest BCUT2D eigenvalue weighted by Gasteiger charge is 2.12. The van der Waals surface area contributed by atoms with Gasteiger partial charge in [-0.1, -0.05) is 48.0 Å². The van der Waals surface area contributed by atoms with Crippen LogP contribution < -0.4 is 10.1 Å². The van der Waals surface area contributed by atoms with Gasteiger partial charge in [0.05, 0.1) is 26.3 Å². The fourth-order valence-corrected chi connectivity index (χ4v) is 2.76. The van der Waals surface area contributed by atoms with Crippen molar-refractivity contribution in [1.82, 2.24) is 9.78 Å². The molecular weight excluding hydrogens is 338 g/mol. The maximum absolute atomic E-state index is 12.4. The molecule has 0 aliphatic rings. The highest BCUT2D eigenvalue weighted by Crippen LogP contribution is 2.20. The van der Waals surface area contributed by atoms with Crippen molar-refractivity contribution in [2.75, 3.05) is 12.4 Å². The second kappa shape index (κ2) is 7.85. The van der Waals surface area contributed by atoms with Gasteiger partial charge in [-0.25, -0.2) is 4.68 Å². The molecule has 5 nitrogen and oxygen atoms in total. The monoisotopic (exact) mass is 355 g/mol. The van der Waals surface area contributed by atoms with E-state index >= 15 is 0 Å². The Morgan fingerprint density at radius 2 is 1.84 bits per heavy atom. The molecule has 0 radical (unpaired) electrons. The standard InChI is InChI=1S/C19H18ClN3O2/c1-25-17-9-5-3-6-14(17)12-19(24)22-18-10-11-21-23(18)13-15-7-2-4-8-16(15)20/h2-11H,12-13H2,1H3,(H,22,24). The number of nitrogens with zero attached hydrogens (tertiary/aromatic N) is 2. The summed E-state index contributed by atoms with van der Waals surface area (Å²) in [6.07, 6.45) is 1.87. The minimum atomic E-state index is -0.134. The molecule has 3 rings (SSSR count). The van der Waals surface area contributed by atoms with Gasteiger partial charge < -0.3 is 10.1 Å². The number of ether oxygens (including phenoxy) is 1. The molecule has 1 N–H and O–H groups in total. The summed E-state index contributed by atoms with van der Waals surface area (Å²) in [6.45, 7) is 0.483. The predicted octanol–water partition coefficient (Wildman–Crippen LogP) is 3.77. The van der Waals surface area contributed by atoms with Crippen LogP contribution >= 0.6 is 11.6 Å². The zero-order chi connectivity index (χ0) is 17.6. The zero-order valence-electron chi connectivity index (χ0n) is 13.8. The Morgan fingerprint density at radius 3 is 2.60 bits per heavy atom. The summed E-state index contributed by atoms with van der Waals surface area (Å²) in [5.41, 5.74) is 1.77. The largest absolute Gasteiger partial charge is 0.496 e. The number of hydrogen-bond donors (Lipinski definition) is 1. The van der Waals surface area contributed by atoms with Crippen LogP contribution in [0.4, 0.5) is 5.82 Å². The lowest BCUT2D eigenvalue weighted by molar-refractivity contribution is -0.115. The molecule has 25 heavy (non-hydrogen) atoms. The molecule has 0 fully saturated rings. The van der Waals surface area contributed by atoms with Crippen LogP contribution in [0.25, 0.3) is 0 Å². The van der Waals surface area contributed by atoms with Crippen molar-refractivity contribution in [2.24, 2.45) is 0 Å². The average Bonchev–Trinajstić information content (AvgIpc) is 3.04. The van der Waals surface area contributed by atoms with Gasteiger partial charge in [0.1, 0.15) is 11.6 Å². The molecule has 0 atom stereocenters. The molecule has 128 valence electrons. The number of halogens is 1.